The second-order valence-corrected chi connectivity index (χ2v) is 11.7. The van der Waals surface area contributed by atoms with E-state index < -0.39 is 0 Å². The van der Waals surface area contributed by atoms with Gasteiger partial charge in [0.25, 0.3) is 0 Å². The summed E-state index contributed by atoms with van der Waals surface area (Å²) < 4.78 is 6.15. The van der Waals surface area contributed by atoms with E-state index in [0.717, 1.165) is 50.0 Å². The predicted octanol–water partition coefficient (Wildman–Crippen LogP) is 5.85. The van der Waals surface area contributed by atoms with Gasteiger partial charge in [-0.1, -0.05) is 39.0 Å². The van der Waals surface area contributed by atoms with E-state index in [9.17, 15) is 9.59 Å². The first-order chi connectivity index (χ1) is 18.7. The van der Waals surface area contributed by atoms with Crippen molar-refractivity contribution in [2.45, 2.75) is 58.3 Å². The zero-order valence-electron chi connectivity index (χ0n) is 23.0. The highest BCUT2D eigenvalue weighted by Crippen LogP contribution is 2.32. The quantitative estimate of drug-likeness (QED) is 0.375. The van der Waals surface area contributed by atoms with Gasteiger partial charge in [-0.2, -0.15) is 0 Å². The monoisotopic (exact) mass is 526 g/mol. The van der Waals surface area contributed by atoms with Crippen LogP contribution in [0.3, 0.4) is 0 Å². The van der Waals surface area contributed by atoms with Gasteiger partial charge in [-0.05, 0) is 97.6 Å². The van der Waals surface area contributed by atoms with Crippen molar-refractivity contribution < 1.29 is 14.3 Å². The number of carbonyl (C=O) groups is 2. The Morgan fingerprint density at radius 3 is 2.44 bits per heavy atom. The maximum absolute atomic E-state index is 13.2. The molecule has 204 valence electrons. The van der Waals surface area contributed by atoms with E-state index in [1.54, 1.807) is 18.3 Å². The Morgan fingerprint density at radius 2 is 1.64 bits per heavy atom. The molecule has 1 aromatic heterocycles. The number of amides is 2. The summed E-state index contributed by atoms with van der Waals surface area (Å²) in [6.45, 7) is 8.23. The average Bonchev–Trinajstić information content (AvgIpc) is 2.93. The lowest BCUT2D eigenvalue weighted by Gasteiger charge is -2.25. The SMILES string of the molecule is CC(C)(C)c1cccc(NC(=O)C2CCc3ccc(Oc4ccnc(NC(=O)C5CCNCC5)c4)cc3C2)c1. The Kier molecular flexibility index (Phi) is 7.98. The molecule has 2 aromatic carbocycles. The summed E-state index contributed by atoms with van der Waals surface area (Å²) in [4.78, 5) is 30.1. The van der Waals surface area contributed by atoms with Crippen molar-refractivity contribution in [2.75, 3.05) is 23.7 Å². The number of nitrogens with zero attached hydrogens (tertiary/aromatic N) is 1. The number of piperidine rings is 1. The van der Waals surface area contributed by atoms with Crippen LogP contribution in [0.1, 0.15) is 56.7 Å². The van der Waals surface area contributed by atoms with Gasteiger partial charge in [0.2, 0.25) is 11.8 Å². The molecule has 7 heteroatoms. The van der Waals surface area contributed by atoms with Crippen LogP contribution in [0.4, 0.5) is 11.5 Å². The van der Waals surface area contributed by atoms with Gasteiger partial charge in [-0.15, -0.1) is 0 Å². The number of fused-ring (bicyclic) bond motifs is 1. The first-order valence-electron chi connectivity index (χ1n) is 13.9. The van der Waals surface area contributed by atoms with Crippen LogP contribution >= 0.6 is 0 Å². The summed E-state index contributed by atoms with van der Waals surface area (Å²) in [6.07, 6.45) is 5.66. The van der Waals surface area contributed by atoms with Gasteiger partial charge in [0.05, 0.1) is 0 Å². The number of ether oxygens (including phenoxy) is 1. The van der Waals surface area contributed by atoms with E-state index in [1.165, 1.54) is 11.1 Å². The maximum Gasteiger partial charge on any atom is 0.228 e. The maximum atomic E-state index is 13.2. The van der Waals surface area contributed by atoms with E-state index in [4.69, 9.17) is 4.74 Å². The molecule has 1 fully saturated rings. The van der Waals surface area contributed by atoms with Crippen LogP contribution in [-0.2, 0) is 27.8 Å². The summed E-state index contributed by atoms with van der Waals surface area (Å²) in [5.41, 5.74) is 4.45. The minimum Gasteiger partial charge on any atom is -0.457 e. The molecule has 1 aliphatic carbocycles. The second kappa shape index (κ2) is 11.6. The van der Waals surface area contributed by atoms with Crippen LogP contribution in [0.25, 0.3) is 0 Å². The minimum atomic E-state index is -0.0937. The molecule has 1 saturated heterocycles. The Morgan fingerprint density at radius 1 is 0.872 bits per heavy atom. The second-order valence-electron chi connectivity index (χ2n) is 11.7. The minimum absolute atomic E-state index is 0.00406. The summed E-state index contributed by atoms with van der Waals surface area (Å²) in [7, 11) is 0. The molecule has 39 heavy (non-hydrogen) atoms. The van der Waals surface area contributed by atoms with Crippen molar-refractivity contribution in [1.29, 1.82) is 0 Å². The number of nitrogens with one attached hydrogen (secondary N) is 3. The lowest BCUT2D eigenvalue weighted by Crippen LogP contribution is -2.34. The van der Waals surface area contributed by atoms with E-state index in [-0.39, 0.29) is 29.1 Å². The largest absolute Gasteiger partial charge is 0.457 e. The van der Waals surface area contributed by atoms with Gasteiger partial charge in [-0.3, -0.25) is 9.59 Å². The van der Waals surface area contributed by atoms with E-state index in [1.807, 2.05) is 24.3 Å². The number of benzene rings is 2. The van der Waals surface area contributed by atoms with Crippen molar-refractivity contribution in [2.24, 2.45) is 11.8 Å². The number of anilines is 2. The molecule has 0 spiro atoms. The summed E-state index contributed by atoms with van der Waals surface area (Å²) >= 11 is 0. The van der Waals surface area contributed by atoms with Gasteiger partial charge in [-0.25, -0.2) is 4.98 Å². The number of aryl methyl sites for hydroxylation is 1. The molecule has 3 aromatic rings. The number of pyridine rings is 1. The fourth-order valence-electron chi connectivity index (χ4n) is 5.32. The molecule has 0 radical (unpaired) electrons. The van der Waals surface area contributed by atoms with Crippen LogP contribution < -0.4 is 20.7 Å². The van der Waals surface area contributed by atoms with Crippen LogP contribution in [0, 0.1) is 11.8 Å². The van der Waals surface area contributed by atoms with Crippen molar-refractivity contribution in [3.05, 3.63) is 77.5 Å². The standard InChI is InChI=1S/C32H38N4O3/c1-32(2,3)25-5-4-6-26(19-25)35-31(38)23-8-7-21-9-10-27(18-24(21)17-23)39-28-13-16-34-29(20-28)36-30(37)22-11-14-33-15-12-22/h4-6,9-10,13,16,18-20,22-23,33H,7-8,11-12,14-15,17H2,1-3H3,(H,35,38)(H,34,36,37). The first-order valence-corrected chi connectivity index (χ1v) is 13.9. The zero-order valence-corrected chi connectivity index (χ0v) is 23.0. The topological polar surface area (TPSA) is 92.3 Å². The molecule has 2 aliphatic rings. The highest BCUT2D eigenvalue weighted by Gasteiger charge is 2.26. The number of rotatable bonds is 6. The number of aromatic nitrogens is 1. The summed E-state index contributed by atoms with van der Waals surface area (Å²) in [6, 6.07) is 17.7. The molecule has 2 heterocycles. The normalized spacial score (nSPS) is 17.7. The predicted molar refractivity (Wildman–Crippen MR) is 154 cm³/mol. The number of carbonyl (C=O) groups excluding carboxylic acids is 2. The van der Waals surface area contributed by atoms with Crippen molar-refractivity contribution in [3.63, 3.8) is 0 Å². The third-order valence-corrected chi connectivity index (χ3v) is 7.70. The van der Waals surface area contributed by atoms with E-state index in [0.29, 0.717) is 23.7 Å². The molecule has 1 unspecified atom stereocenters. The third kappa shape index (κ3) is 6.84. The van der Waals surface area contributed by atoms with Gasteiger partial charge >= 0.3 is 0 Å². The zero-order chi connectivity index (χ0) is 27.4. The Bertz CT molecular complexity index is 1340. The van der Waals surface area contributed by atoms with Crippen LogP contribution in [0.5, 0.6) is 11.5 Å². The Hall–Kier alpha value is -3.71. The lowest BCUT2D eigenvalue weighted by atomic mass is 9.83. The summed E-state index contributed by atoms with van der Waals surface area (Å²) in [5, 5.41) is 9.35. The molecule has 0 bridgehead atoms. The van der Waals surface area contributed by atoms with Crippen LogP contribution in [-0.4, -0.2) is 29.9 Å². The van der Waals surface area contributed by atoms with Gasteiger partial charge in [0.1, 0.15) is 17.3 Å². The molecule has 1 aliphatic heterocycles. The highest BCUT2D eigenvalue weighted by molar-refractivity contribution is 5.93. The van der Waals surface area contributed by atoms with Crippen molar-refractivity contribution >= 4 is 23.3 Å². The van der Waals surface area contributed by atoms with Gasteiger partial charge in [0, 0.05) is 29.8 Å². The first kappa shape index (κ1) is 26.9. The molecule has 5 rings (SSSR count). The molecular formula is C32H38N4O3. The number of hydrogen-bond donors (Lipinski definition) is 3. The van der Waals surface area contributed by atoms with Gasteiger partial charge < -0.3 is 20.7 Å². The smallest absolute Gasteiger partial charge is 0.228 e. The Balaban J connectivity index is 1.22. The van der Waals surface area contributed by atoms with Crippen LogP contribution in [0.2, 0.25) is 0 Å². The van der Waals surface area contributed by atoms with E-state index in [2.05, 4.69) is 59.9 Å². The molecule has 7 nitrogen and oxygen atoms in total. The molecular weight excluding hydrogens is 488 g/mol. The van der Waals surface area contributed by atoms with Gasteiger partial charge in [0.15, 0.2) is 0 Å². The van der Waals surface area contributed by atoms with Crippen LogP contribution in [0.15, 0.2) is 60.8 Å². The van der Waals surface area contributed by atoms with E-state index >= 15 is 0 Å². The fourth-order valence-corrected chi connectivity index (χ4v) is 5.32. The molecule has 0 saturated carbocycles. The molecule has 1 atom stereocenters. The summed E-state index contributed by atoms with van der Waals surface area (Å²) in [5.74, 6) is 1.77. The van der Waals surface area contributed by atoms with Crippen molar-refractivity contribution in [1.82, 2.24) is 10.3 Å². The van der Waals surface area contributed by atoms with Crippen molar-refractivity contribution in [3.8, 4) is 11.5 Å². The number of hydrogen-bond acceptors (Lipinski definition) is 5. The fraction of sp³-hybridized carbons (Fsp3) is 0.406. The highest BCUT2D eigenvalue weighted by atomic mass is 16.5. The molecule has 2 amide bonds. The lowest BCUT2D eigenvalue weighted by molar-refractivity contribution is -0.121. The Labute approximate surface area is 230 Å². The average molecular weight is 527 g/mol. The molecule has 3 N–H and O–H groups in total. The third-order valence-electron chi connectivity index (χ3n) is 7.70.